The Labute approximate surface area is 84.7 Å². The average molecular weight is 192 g/mol. The molecule has 0 aromatic heterocycles. The van der Waals surface area contributed by atoms with Crippen molar-refractivity contribution in [1.82, 2.24) is 5.01 Å². The highest BCUT2D eigenvalue weighted by atomic mass is 16.3. The molecule has 0 radical (unpaired) electrons. The number of phenols is 1. The molecule has 0 atom stereocenters. The monoisotopic (exact) mass is 192 g/mol. The van der Waals surface area contributed by atoms with Crippen LogP contribution < -0.4 is 0 Å². The molecule has 14 heavy (non-hydrogen) atoms. The first kappa shape index (κ1) is 10.6. The Morgan fingerprint density at radius 2 is 2.14 bits per heavy atom. The van der Waals surface area contributed by atoms with E-state index in [-0.39, 0.29) is 0 Å². The summed E-state index contributed by atoms with van der Waals surface area (Å²) >= 11 is 0. The minimum absolute atomic E-state index is 0.346. The van der Waals surface area contributed by atoms with E-state index in [0.717, 1.165) is 17.5 Å². The van der Waals surface area contributed by atoms with Crippen molar-refractivity contribution in [2.45, 2.75) is 13.3 Å². The lowest BCUT2D eigenvalue weighted by Crippen LogP contribution is -2.02. The molecule has 1 aromatic rings. The number of phenolic OH excluding ortho intramolecular Hbond substituents is 1. The van der Waals surface area contributed by atoms with Crippen LogP contribution in [0.5, 0.6) is 5.75 Å². The molecule has 0 spiro atoms. The molecule has 0 fully saturated rings. The van der Waals surface area contributed by atoms with Crippen LogP contribution in [-0.4, -0.2) is 30.4 Å². The van der Waals surface area contributed by atoms with Crippen molar-refractivity contribution in [2.75, 3.05) is 14.1 Å². The highest BCUT2D eigenvalue weighted by Crippen LogP contribution is 2.16. The van der Waals surface area contributed by atoms with Crippen molar-refractivity contribution in [3.8, 4) is 5.75 Å². The Hall–Kier alpha value is -1.51. The van der Waals surface area contributed by atoms with Crippen molar-refractivity contribution in [1.29, 1.82) is 0 Å². The van der Waals surface area contributed by atoms with Gasteiger partial charge in [-0.1, -0.05) is 12.1 Å². The Balaban J connectivity index is 2.64. The third-order valence-corrected chi connectivity index (χ3v) is 1.90. The topological polar surface area (TPSA) is 35.8 Å². The highest BCUT2D eigenvalue weighted by Gasteiger charge is 1.96. The van der Waals surface area contributed by atoms with Crippen molar-refractivity contribution >= 4 is 6.21 Å². The van der Waals surface area contributed by atoms with E-state index in [4.69, 9.17) is 0 Å². The van der Waals surface area contributed by atoms with Gasteiger partial charge in [0.15, 0.2) is 0 Å². The van der Waals surface area contributed by atoms with Crippen molar-refractivity contribution in [3.63, 3.8) is 0 Å². The zero-order valence-corrected chi connectivity index (χ0v) is 8.86. The van der Waals surface area contributed by atoms with Crippen LogP contribution in [-0.2, 0) is 6.42 Å². The molecule has 0 aliphatic rings. The number of benzene rings is 1. The molecule has 0 heterocycles. The molecule has 0 bridgehead atoms. The molecule has 0 aliphatic carbocycles. The highest BCUT2D eigenvalue weighted by molar-refractivity contribution is 5.61. The zero-order valence-electron chi connectivity index (χ0n) is 8.86. The van der Waals surface area contributed by atoms with Crippen LogP contribution in [0.1, 0.15) is 11.1 Å². The number of hydrazone groups is 1. The Morgan fingerprint density at radius 1 is 1.43 bits per heavy atom. The Morgan fingerprint density at radius 3 is 2.71 bits per heavy atom. The minimum atomic E-state index is 0.346. The SMILES string of the molecule is Cc1cc(C/C=N/N(C)C)ccc1O. The summed E-state index contributed by atoms with van der Waals surface area (Å²) in [4.78, 5) is 0. The number of nitrogens with zero attached hydrogens (tertiary/aromatic N) is 2. The average Bonchev–Trinajstić information content (AvgIpc) is 2.10. The standard InChI is InChI=1S/C11H16N2O/c1-9-8-10(4-5-11(9)14)6-7-12-13(2)3/h4-5,7-8,14H,6H2,1-3H3/b12-7+. The number of rotatable bonds is 3. The molecule has 1 aromatic carbocycles. The van der Waals surface area contributed by atoms with Crippen molar-refractivity contribution in [2.24, 2.45) is 5.10 Å². The van der Waals surface area contributed by atoms with E-state index in [1.807, 2.05) is 39.4 Å². The van der Waals surface area contributed by atoms with Gasteiger partial charge in [-0.05, 0) is 24.1 Å². The van der Waals surface area contributed by atoms with Crippen LogP contribution in [0, 0.1) is 6.92 Å². The van der Waals surface area contributed by atoms with Crippen molar-refractivity contribution < 1.29 is 5.11 Å². The zero-order chi connectivity index (χ0) is 10.6. The van der Waals surface area contributed by atoms with Gasteiger partial charge in [-0.3, -0.25) is 0 Å². The van der Waals surface area contributed by atoms with Gasteiger partial charge in [-0.15, -0.1) is 0 Å². The van der Waals surface area contributed by atoms with Gasteiger partial charge in [0.25, 0.3) is 0 Å². The second kappa shape index (κ2) is 4.65. The van der Waals surface area contributed by atoms with Crippen LogP contribution >= 0.6 is 0 Å². The maximum absolute atomic E-state index is 9.32. The largest absolute Gasteiger partial charge is 0.508 e. The normalized spacial score (nSPS) is 10.8. The van der Waals surface area contributed by atoms with Crippen LogP contribution in [0.15, 0.2) is 23.3 Å². The first-order valence-corrected chi connectivity index (χ1v) is 4.58. The van der Waals surface area contributed by atoms with Gasteiger partial charge in [0.1, 0.15) is 5.75 Å². The predicted molar refractivity (Wildman–Crippen MR) is 58.7 cm³/mol. The number of hydrogen-bond donors (Lipinski definition) is 1. The van der Waals surface area contributed by atoms with E-state index in [1.165, 1.54) is 0 Å². The van der Waals surface area contributed by atoms with Gasteiger partial charge in [-0.25, -0.2) is 0 Å². The van der Waals surface area contributed by atoms with Crippen LogP contribution in [0.25, 0.3) is 0 Å². The first-order valence-electron chi connectivity index (χ1n) is 4.58. The molecule has 0 unspecified atom stereocenters. The molecule has 0 saturated carbocycles. The lowest BCUT2D eigenvalue weighted by molar-refractivity contribution is 0.439. The van der Waals surface area contributed by atoms with Crippen molar-refractivity contribution in [3.05, 3.63) is 29.3 Å². The summed E-state index contributed by atoms with van der Waals surface area (Å²) in [6.07, 6.45) is 2.64. The summed E-state index contributed by atoms with van der Waals surface area (Å²) in [5, 5.41) is 15.2. The second-order valence-electron chi connectivity index (χ2n) is 3.47. The van der Waals surface area contributed by atoms with Crippen LogP contribution in [0.4, 0.5) is 0 Å². The maximum atomic E-state index is 9.32. The van der Waals surface area contributed by atoms with Gasteiger partial charge in [0.2, 0.25) is 0 Å². The predicted octanol–water partition coefficient (Wildman–Crippen LogP) is 1.79. The molecule has 0 aliphatic heterocycles. The Kier molecular flexibility index (Phi) is 3.51. The molecule has 0 amide bonds. The van der Waals surface area contributed by atoms with Gasteiger partial charge in [0, 0.05) is 26.7 Å². The van der Waals surface area contributed by atoms with E-state index < -0.39 is 0 Å². The van der Waals surface area contributed by atoms with Gasteiger partial charge in [-0.2, -0.15) is 5.10 Å². The van der Waals surface area contributed by atoms with E-state index in [0.29, 0.717) is 5.75 Å². The number of aryl methyl sites for hydroxylation is 1. The number of aromatic hydroxyl groups is 1. The van der Waals surface area contributed by atoms with Gasteiger partial charge < -0.3 is 10.1 Å². The fraction of sp³-hybridized carbons (Fsp3) is 0.364. The molecule has 0 saturated heterocycles. The van der Waals surface area contributed by atoms with Crippen LogP contribution in [0.2, 0.25) is 0 Å². The summed E-state index contributed by atoms with van der Waals surface area (Å²) in [7, 11) is 3.77. The summed E-state index contributed by atoms with van der Waals surface area (Å²) in [6, 6.07) is 5.59. The Bertz CT molecular complexity index is 332. The van der Waals surface area contributed by atoms with Crippen LogP contribution in [0.3, 0.4) is 0 Å². The quantitative estimate of drug-likeness (QED) is 0.585. The first-order chi connectivity index (χ1) is 6.59. The summed E-state index contributed by atoms with van der Waals surface area (Å²) in [5.74, 6) is 0.346. The summed E-state index contributed by atoms with van der Waals surface area (Å²) < 4.78 is 0. The molecular formula is C11H16N2O. The third kappa shape index (κ3) is 3.09. The number of hydrogen-bond acceptors (Lipinski definition) is 3. The minimum Gasteiger partial charge on any atom is -0.508 e. The van der Waals surface area contributed by atoms with E-state index in [1.54, 1.807) is 11.1 Å². The summed E-state index contributed by atoms with van der Waals surface area (Å²) in [6.45, 7) is 1.89. The second-order valence-corrected chi connectivity index (χ2v) is 3.47. The third-order valence-electron chi connectivity index (χ3n) is 1.90. The lowest BCUT2D eigenvalue weighted by Gasteiger charge is -2.03. The molecular weight excluding hydrogens is 176 g/mol. The fourth-order valence-electron chi connectivity index (χ4n) is 1.15. The van der Waals surface area contributed by atoms with Gasteiger partial charge in [0.05, 0.1) is 0 Å². The van der Waals surface area contributed by atoms with E-state index >= 15 is 0 Å². The van der Waals surface area contributed by atoms with Gasteiger partial charge >= 0.3 is 0 Å². The smallest absolute Gasteiger partial charge is 0.118 e. The van der Waals surface area contributed by atoms with E-state index in [9.17, 15) is 5.11 Å². The molecule has 3 nitrogen and oxygen atoms in total. The fourth-order valence-corrected chi connectivity index (χ4v) is 1.15. The molecule has 1 rings (SSSR count). The summed E-state index contributed by atoms with van der Waals surface area (Å²) in [5.41, 5.74) is 2.06. The lowest BCUT2D eigenvalue weighted by atomic mass is 10.1. The maximum Gasteiger partial charge on any atom is 0.118 e. The molecule has 76 valence electrons. The van der Waals surface area contributed by atoms with E-state index in [2.05, 4.69) is 5.10 Å². The molecule has 1 N–H and O–H groups in total. The molecule has 3 heteroatoms.